The number of nitrogens with two attached hydrogens (primary N) is 1. The SMILES string of the molecule is CCCC(C)CN1CCNCC1C(N)=O. The fourth-order valence-corrected chi connectivity index (χ4v) is 2.23. The van der Waals surface area contributed by atoms with Crippen molar-refractivity contribution in [2.45, 2.75) is 32.7 Å². The Morgan fingerprint density at radius 1 is 1.67 bits per heavy atom. The normalized spacial score (nSPS) is 25.1. The minimum atomic E-state index is -0.203. The molecule has 1 saturated heterocycles. The molecule has 0 spiro atoms. The van der Waals surface area contributed by atoms with Gasteiger partial charge >= 0.3 is 0 Å². The topological polar surface area (TPSA) is 58.4 Å². The van der Waals surface area contributed by atoms with Crippen molar-refractivity contribution in [1.82, 2.24) is 10.2 Å². The minimum Gasteiger partial charge on any atom is -0.368 e. The van der Waals surface area contributed by atoms with E-state index in [2.05, 4.69) is 24.1 Å². The average Bonchev–Trinajstić information content (AvgIpc) is 2.18. The van der Waals surface area contributed by atoms with Crippen LogP contribution < -0.4 is 11.1 Å². The van der Waals surface area contributed by atoms with Gasteiger partial charge < -0.3 is 11.1 Å². The molecule has 1 rings (SSSR count). The van der Waals surface area contributed by atoms with Gasteiger partial charge in [-0.2, -0.15) is 0 Å². The van der Waals surface area contributed by atoms with Crippen molar-refractivity contribution in [3.63, 3.8) is 0 Å². The van der Waals surface area contributed by atoms with Crippen LogP contribution in [0.15, 0.2) is 0 Å². The zero-order valence-electron chi connectivity index (χ0n) is 9.83. The van der Waals surface area contributed by atoms with E-state index in [0.29, 0.717) is 12.5 Å². The maximum absolute atomic E-state index is 11.2. The fourth-order valence-electron chi connectivity index (χ4n) is 2.23. The second kappa shape index (κ2) is 6.08. The smallest absolute Gasteiger partial charge is 0.236 e. The number of rotatable bonds is 5. The molecule has 4 nitrogen and oxygen atoms in total. The van der Waals surface area contributed by atoms with Crippen LogP contribution in [0.2, 0.25) is 0 Å². The van der Waals surface area contributed by atoms with Crippen LogP contribution in [0.25, 0.3) is 0 Å². The largest absolute Gasteiger partial charge is 0.368 e. The number of primary amides is 1. The third-order valence-electron chi connectivity index (χ3n) is 3.01. The molecule has 0 saturated carbocycles. The summed E-state index contributed by atoms with van der Waals surface area (Å²) in [6, 6.07) is -0.113. The van der Waals surface area contributed by atoms with Crippen LogP contribution in [0, 0.1) is 5.92 Å². The molecule has 1 aliphatic rings. The number of hydrogen-bond acceptors (Lipinski definition) is 3. The predicted molar refractivity (Wildman–Crippen MR) is 61.5 cm³/mol. The number of amides is 1. The number of piperazine rings is 1. The van der Waals surface area contributed by atoms with Crippen molar-refractivity contribution >= 4 is 5.91 Å². The van der Waals surface area contributed by atoms with Crippen molar-refractivity contribution in [1.29, 1.82) is 0 Å². The lowest BCUT2D eigenvalue weighted by Gasteiger charge is -2.35. The van der Waals surface area contributed by atoms with Crippen LogP contribution in [0.4, 0.5) is 0 Å². The van der Waals surface area contributed by atoms with E-state index >= 15 is 0 Å². The van der Waals surface area contributed by atoms with Gasteiger partial charge in [-0.3, -0.25) is 9.69 Å². The van der Waals surface area contributed by atoms with Gasteiger partial charge in [0.1, 0.15) is 6.04 Å². The van der Waals surface area contributed by atoms with Crippen molar-refractivity contribution in [3.05, 3.63) is 0 Å². The molecule has 2 atom stereocenters. The van der Waals surface area contributed by atoms with E-state index in [1.807, 2.05) is 0 Å². The van der Waals surface area contributed by atoms with Crippen LogP contribution in [-0.2, 0) is 4.79 Å². The monoisotopic (exact) mass is 213 g/mol. The zero-order valence-corrected chi connectivity index (χ0v) is 9.83. The Bertz CT molecular complexity index is 208. The maximum Gasteiger partial charge on any atom is 0.236 e. The first-order valence-corrected chi connectivity index (χ1v) is 5.89. The van der Waals surface area contributed by atoms with E-state index in [0.717, 1.165) is 19.6 Å². The maximum atomic E-state index is 11.2. The standard InChI is InChI=1S/C11H23N3O/c1-3-4-9(2)8-14-6-5-13-7-10(14)11(12)15/h9-10,13H,3-8H2,1-2H3,(H2,12,15). The molecule has 0 aliphatic carbocycles. The summed E-state index contributed by atoms with van der Waals surface area (Å²) in [6.45, 7) is 8.02. The summed E-state index contributed by atoms with van der Waals surface area (Å²) in [5.74, 6) is 0.445. The van der Waals surface area contributed by atoms with Crippen LogP contribution in [0.1, 0.15) is 26.7 Å². The Morgan fingerprint density at radius 3 is 3.00 bits per heavy atom. The molecule has 2 unspecified atom stereocenters. The van der Waals surface area contributed by atoms with E-state index in [1.54, 1.807) is 0 Å². The Labute approximate surface area is 92.2 Å². The number of nitrogens with one attached hydrogen (secondary N) is 1. The molecular weight excluding hydrogens is 190 g/mol. The van der Waals surface area contributed by atoms with Crippen LogP contribution in [0.3, 0.4) is 0 Å². The van der Waals surface area contributed by atoms with Gasteiger partial charge in [0.25, 0.3) is 0 Å². The highest BCUT2D eigenvalue weighted by molar-refractivity contribution is 5.80. The summed E-state index contributed by atoms with van der Waals surface area (Å²) in [6.07, 6.45) is 2.42. The Morgan fingerprint density at radius 2 is 2.40 bits per heavy atom. The number of carbonyl (C=O) groups excluding carboxylic acids is 1. The highest BCUT2D eigenvalue weighted by atomic mass is 16.1. The third-order valence-corrected chi connectivity index (χ3v) is 3.01. The van der Waals surface area contributed by atoms with Gasteiger partial charge in [0.05, 0.1) is 0 Å². The predicted octanol–water partition coefficient (Wildman–Crippen LogP) is 0.182. The Balaban J connectivity index is 2.45. The molecule has 1 fully saturated rings. The van der Waals surface area contributed by atoms with Crippen molar-refractivity contribution in [2.24, 2.45) is 11.7 Å². The summed E-state index contributed by atoms with van der Waals surface area (Å²) in [7, 11) is 0. The van der Waals surface area contributed by atoms with Crippen LogP contribution in [-0.4, -0.2) is 43.0 Å². The summed E-state index contributed by atoms with van der Waals surface area (Å²) in [5, 5.41) is 3.21. The zero-order chi connectivity index (χ0) is 11.3. The molecule has 1 heterocycles. The van der Waals surface area contributed by atoms with Gasteiger partial charge in [-0.25, -0.2) is 0 Å². The average molecular weight is 213 g/mol. The quantitative estimate of drug-likeness (QED) is 0.685. The first kappa shape index (κ1) is 12.5. The molecule has 4 heteroatoms. The van der Waals surface area contributed by atoms with Crippen molar-refractivity contribution in [2.75, 3.05) is 26.2 Å². The second-order valence-electron chi connectivity index (χ2n) is 4.51. The molecular formula is C11H23N3O. The van der Waals surface area contributed by atoms with Gasteiger partial charge in [-0.05, 0) is 12.3 Å². The molecule has 0 bridgehead atoms. The summed E-state index contributed by atoms with van der Waals surface area (Å²) < 4.78 is 0. The molecule has 1 aliphatic heterocycles. The third kappa shape index (κ3) is 3.80. The highest BCUT2D eigenvalue weighted by Crippen LogP contribution is 2.11. The van der Waals surface area contributed by atoms with Gasteiger partial charge in [-0.15, -0.1) is 0 Å². The van der Waals surface area contributed by atoms with E-state index in [1.165, 1.54) is 12.8 Å². The lowest BCUT2D eigenvalue weighted by Crippen LogP contribution is -2.57. The van der Waals surface area contributed by atoms with Crippen molar-refractivity contribution < 1.29 is 4.79 Å². The highest BCUT2D eigenvalue weighted by Gasteiger charge is 2.27. The summed E-state index contributed by atoms with van der Waals surface area (Å²) in [5.41, 5.74) is 5.39. The van der Waals surface area contributed by atoms with Gasteiger partial charge in [0.2, 0.25) is 5.91 Å². The minimum absolute atomic E-state index is 0.113. The van der Waals surface area contributed by atoms with Crippen LogP contribution >= 0.6 is 0 Å². The molecule has 0 aromatic heterocycles. The number of nitrogens with zero attached hydrogens (tertiary/aromatic N) is 1. The lowest BCUT2D eigenvalue weighted by atomic mass is 10.0. The lowest BCUT2D eigenvalue weighted by molar-refractivity contribution is -0.124. The number of hydrogen-bond donors (Lipinski definition) is 2. The van der Waals surface area contributed by atoms with E-state index in [4.69, 9.17) is 5.73 Å². The molecule has 15 heavy (non-hydrogen) atoms. The molecule has 0 radical (unpaired) electrons. The summed E-state index contributed by atoms with van der Waals surface area (Å²) in [4.78, 5) is 13.5. The van der Waals surface area contributed by atoms with E-state index < -0.39 is 0 Å². The van der Waals surface area contributed by atoms with Crippen LogP contribution in [0.5, 0.6) is 0 Å². The fraction of sp³-hybridized carbons (Fsp3) is 0.909. The van der Waals surface area contributed by atoms with E-state index in [-0.39, 0.29) is 11.9 Å². The first-order chi connectivity index (χ1) is 7.15. The van der Waals surface area contributed by atoms with E-state index in [9.17, 15) is 4.79 Å². The Kier molecular flexibility index (Phi) is 5.05. The molecule has 3 N–H and O–H groups in total. The summed E-state index contributed by atoms with van der Waals surface area (Å²) >= 11 is 0. The van der Waals surface area contributed by atoms with Gasteiger partial charge in [-0.1, -0.05) is 20.3 Å². The molecule has 0 aromatic carbocycles. The first-order valence-electron chi connectivity index (χ1n) is 5.89. The molecule has 0 aromatic rings. The van der Waals surface area contributed by atoms with Crippen molar-refractivity contribution in [3.8, 4) is 0 Å². The number of carbonyl (C=O) groups is 1. The molecule has 1 amide bonds. The van der Waals surface area contributed by atoms with Gasteiger partial charge in [0.15, 0.2) is 0 Å². The molecule has 88 valence electrons. The second-order valence-corrected chi connectivity index (χ2v) is 4.51. The Hall–Kier alpha value is -0.610. The van der Waals surface area contributed by atoms with Gasteiger partial charge in [0, 0.05) is 26.2 Å².